The second-order valence-electron chi connectivity index (χ2n) is 8.94. The summed E-state index contributed by atoms with van der Waals surface area (Å²) in [6.45, 7) is 5.64. The first-order valence-corrected chi connectivity index (χ1v) is 8.86. The molecule has 5 rings (SSSR count). The predicted octanol–water partition coefficient (Wildman–Crippen LogP) is 1.03. The van der Waals surface area contributed by atoms with Crippen molar-refractivity contribution in [3.63, 3.8) is 0 Å². The van der Waals surface area contributed by atoms with Crippen LogP contribution in [0.2, 0.25) is 0 Å². The molecular weight excluding hydrogens is 324 g/mol. The molecular formula is C19H22O6. The van der Waals surface area contributed by atoms with Crippen LogP contribution in [0.3, 0.4) is 0 Å². The average molecular weight is 346 g/mol. The van der Waals surface area contributed by atoms with Crippen LogP contribution in [0.25, 0.3) is 0 Å². The number of carbonyl (C=O) groups excluding carboxylic acids is 1. The van der Waals surface area contributed by atoms with E-state index in [0.29, 0.717) is 31.3 Å². The number of hydrogen-bond donors (Lipinski definition) is 3. The fraction of sp³-hybridized carbons (Fsp3) is 0.684. The van der Waals surface area contributed by atoms with Gasteiger partial charge < -0.3 is 20.1 Å². The summed E-state index contributed by atoms with van der Waals surface area (Å²) in [7, 11) is 0. The normalized spacial score (nSPS) is 58.0. The predicted molar refractivity (Wildman–Crippen MR) is 85.2 cm³/mol. The Morgan fingerprint density at radius 2 is 2.16 bits per heavy atom. The fourth-order valence-corrected chi connectivity index (χ4v) is 7.13. The highest BCUT2D eigenvalue weighted by molar-refractivity contribution is 5.86. The van der Waals surface area contributed by atoms with Crippen molar-refractivity contribution in [3.8, 4) is 0 Å². The molecule has 1 spiro atoms. The number of ether oxygens (including phenoxy) is 1. The van der Waals surface area contributed by atoms with Crippen LogP contribution in [0.5, 0.6) is 0 Å². The molecule has 1 saturated heterocycles. The highest BCUT2D eigenvalue weighted by atomic mass is 16.6. The first-order chi connectivity index (χ1) is 11.6. The van der Waals surface area contributed by atoms with Crippen molar-refractivity contribution in [2.45, 2.75) is 49.9 Å². The van der Waals surface area contributed by atoms with E-state index in [4.69, 9.17) is 4.74 Å². The molecule has 3 N–H and O–H groups in total. The van der Waals surface area contributed by atoms with Gasteiger partial charge in [0.05, 0.1) is 17.6 Å². The van der Waals surface area contributed by atoms with E-state index in [1.807, 2.05) is 0 Å². The molecule has 0 unspecified atom stereocenters. The minimum absolute atomic E-state index is 0.180. The summed E-state index contributed by atoms with van der Waals surface area (Å²) >= 11 is 0. The van der Waals surface area contributed by atoms with Gasteiger partial charge in [-0.05, 0) is 49.7 Å². The van der Waals surface area contributed by atoms with E-state index in [0.717, 1.165) is 0 Å². The number of aliphatic hydroxyl groups excluding tert-OH is 1. The number of carbonyl (C=O) groups is 2. The number of aliphatic carboxylic acids is 1. The van der Waals surface area contributed by atoms with E-state index in [1.54, 1.807) is 19.1 Å². The van der Waals surface area contributed by atoms with Gasteiger partial charge in [0.1, 0.15) is 11.0 Å². The summed E-state index contributed by atoms with van der Waals surface area (Å²) in [5.41, 5.74) is -3.29. The van der Waals surface area contributed by atoms with Gasteiger partial charge in [0.2, 0.25) is 0 Å². The lowest BCUT2D eigenvalue weighted by Crippen LogP contribution is -2.50. The van der Waals surface area contributed by atoms with Crippen LogP contribution in [0, 0.1) is 28.6 Å². The SMILES string of the molecule is C=C1C[C@]23C[C@@]1(O)CC[C@@H]2[C@]12C=C[C@H](O)[C@@](C)(C(=O)O1)[C@H]2[C@H]3C(=O)O. The maximum Gasteiger partial charge on any atom is 0.316 e. The zero-order valence-electron chi connectivity index (χ0n) is 14.1. The number of carboxylic acids is 1. The molecule has 5 aliphatic rings. The average Bonchev–Trinajstić information content (AvgIpc) is 2.95. The molecule has 0 radical (unpaired) electrons. The third-order valence-electron chi connectivity index (χ3n) is 8.12. The van der Waals surface area contributed by atoms with Crippen molar-refractivity contribution in [2.75, 3.05) is 0 Å². The lowest BCUT2D eigenvalue weighted by Gasteiger charge is -2.44. The van der Waals surface area contributed by atoms with E-state index >= 15 is 0 Å². The standard InChI is InChI=1S/C19H22O6/c1-9-7-17-8-18(9,24)5-3-10(17)19-6-4-11(20)16(2,15(23)25-19)13(19)12(17)14(21)22/h4,6,10-13,20,24H,1,3,5,7-8H2,2H3,(H,21,22)/t10-,11-,12-,13+,16+,17-,18-,19-/m0/s1. The highest BCUT2D eigenvalue weighted by Gasteiger charge is 2.83. The molecule has 134 valence electrons. The van der Waals surface area contributed by atoms with Gasteiger partial charge in [0, 0.05) is 11.8 Å². The Morgan fingerprint density at radius 1 is 1.44 bits per heavy atom. The molecule has 6 nitrogen and oxygen atoms in total. The summed E-state index contributed by atoms with van der Waals surface area (Å²) in [4.78, 5) is 25.1. The van der Waals surface area contributed by atoms with E-state index in [-0.39, 0.29) is 5.92 Å². The second kappa shape index (κ2) is 4.01. The summed E-state index contributed by atoms with van der Waals surface area (Å²) in [5, 5.41) is 31.6. The van der Waals surface area contributed by atoms with Crippen LogP contribution in [-0.2, 0) is 14.3 Å². The van der Waals surface area contributed by atoms with E-state index in [1.165, 1.54) is 0 Å². The van der Waals surface area contributed by atoms with Gasteiger partial charge in [-0.15, -0.1) is 0 Å². The van der Waals surface area contributed by atoms with Gasteiger partial charge in [0.25, 0.3) is 0 Å². The number of hydrogen-bond acceptors (Lipinski definition) is 5. The Hall–Kier alpha value is -1.66. The van der Waals surface area contributed by atoms with Crippen LogP contribution in [0.1, 0.15) is 32.6 Å². The molecule has 0 aromatic rings. The Kier molecular flexibility index (Phi) is 2.50. The molecule has 6 heteroatoms. The number of esters is 1. The lowest BCUT2D eigenvalue weighted by molar-refractivity contribution is -0.163. The van der Waals surface area contributed by atoms with Crippen LogP contribution in [-0.4, -0.2) is 44.6 Å². The van der Waals surface area contributed by atoms with Gasteiger partial charge in [0.15, 0.2) is 0 Å². The quantitative estimate of drug-likeness (QED) is 0.484. The third kappa shape index (κ3) is 1.36. The Bertz CT molecular complexity index is 772. The van der Waals surface area contributed by atoms with Crippen molar-refractivity contribution >= 4 is 11.9 Å². The molecule has 0 aromatic heterocycles. The van der Waals surface area contributed by atoms with E-state index < -0.39 is 51.9 Å². The Morgan fingerprint density at radius 3 is 2.84 bits per heavy atom. The zero-order chi connectivity index (χ0) is 18.0. The number of aliphatic hydroxyl groups is 2. The molecule has 4 aliphatic carbocycles. The maximum atomic E-state index is 12.7. The molecule has 0 amide bonds. The van der Waals surface area contributed by atoms with E-state index in [9.17, 15) is 24.9 Å². The van der Waals surface area contributed by atoms with Crippen molar-refractivity contribution in [1.82, 2.24) is 0 Å². The topological polar surface area (TPSA) is 104 Å². The molecule has 3 saturated carbocycles. The zero-order valence-corrected chi connectivity index (χ0v) is 14.1. The van der Waals surface area contributed by atoms with Gasteiger partial charge in [-0.25, -0.2) is 0 Å². The molecule has 0 aromatic carbocycles. The fourth-order valence-electron chi connectivity index (χ4n) is 7.13. The Labute approximate surface area is 145 Å². The lowest BCUT2D eigenvalue weighted by atomic mass is 9.61. The monoisotopic (exact) mass is 346 g/mol. The summed E-state index contributed by atoms with van der Waals surface area (Å²) in [6.07, 6.45) is 4.11. The summed E-state index contributed by atoms with van der Waals surface area (Å²) < 4.78 is 5.87. The molecule has 1 aliphatic heterocycles. The van der Waals surface area contributed by atoms with E-state index in [2.05, 4.69) is 6.58 Å². The molecule has 4 fully saturated rings. The minimum Gasteiger partial charge on any atom is -0.481 e. The van der Waals surface area contributed by atoms with Gasteiger partial charge in [-0.1, -0.05) is 12.7 Å². The number of fused-ring (bicyclic) bond motifs is 1. The van der Waals surface area contributed by atoms with Crippen molar-refractivity contribution in [2.24, 2.45) is 28.6 Å². The van der Waals surface area contributed by atoms with Gasteiger partial charge >= 0.3 is 11.9 Å². The van der Waals surface area contributed by atoms with Gasteiger partial charge in [-0.3, -0.25) is 9.59 Å². The summed E-state index contributed by atoms with van der Waals surface area (Å²) in [5.74, 6) is -3.18. The molecule has 1 heterocycles. The molecule has 8 atom stereocenters. The highest BCUT2D eigenvalue weighted by Crippen LogP contribution is 2.77. The largest absolute Gasteiger partial charge is 0.481 e. The van der Waals surface area contributed by atoms with Crippen molar-refractivity contribution in [3.05, 3.63) is 24.3 Å². The molecule has 4 bridgehead atoms. The van der Waals surface area contributed by atoms with Crippen molar-refractivity contribution in [1.29, 1.82) is 0 Å². The number of rotatable bonds is 1. The van der Waals surface area contributed by atoms with Gasteiger partial charge in [-0.2, -0.15) is 0 Å². The number of carboxylic acid groups (broad SMARTS) is 1. The smallest absolute Gasteiger partial charge is 0.316 e. The van der Waals surface area contributed by atoms with Crippen LogP contribution < -0.4 is 0 Å². The second-order valence-corrected chi connectivity index (χ2v) is 8.94. The Balaban J connectivity index is 1.78. The van der Waals surface area contributed by atoms with Crippen LogP contribution in [0.4, 0.5) is 0 Å². The van der Waals surface area contributed by atoms with Crippen molar-refractivity contribution < 1.29 is 29.6 Å². The van der Waals surface area contributed by atoms with Crippen LogP contribution in [0.15, 0.2) is 24.3 Å². The minimum atomic E-state index is -1.27. The first kappa shape index (κ1) is 15.6. The molecule has 25 heavy (non-hydrogen) atoms. The maximum absolute atomic E-state index is 12.7. The summed E-state index contributed by atoms with van der Waals surface area (Å²) in [6, 6.07) is 0. The third-order valence-corrected chi connectivity index (χ3v) is 8.12. The first-order valence-electron chi connectivity index (χ1n) is 8.86. The van der Waals surface area contributed by atoms with Crippen LogP contribution >= 0.6 is 0 Å².